The lowest BCUT2D eigenvalue weighted by atomic mass is 9.87. The van der Waals surface area contributed by atoms with Crippen molar-refractivity contribution >= 4 is 21.6 Å². The Morgan fingerprint density at radius 2 is 1.56 bits per heavy atom. The summed E-state index contributed by atoms with van der Waals surface area (Å²) in [5, 5.41) is 0. The molecule has 136 valence electrons. The Bertz CT molecular complexity index is 673. The number of hydrogen-bond acceptors (Lipinski definition) is 2. The predicted molar refractivity (Wildman–Crippen MR) is 110 cm³/mol. The van der Waals surface area contributed by atoms with E-state index in [1.54, 1.807) is 0 Å². The fourth-order valence-electron chi connectivity index (χ4n) is 4.14. The summed E-state index contributed by atoms with van der Waals surface area (Å²) in [4.78, 5) is 2.48. The van der Waals surface area contributed by atoms with Gasteiger partial charge < -0.3 is 9.32 Å². The summed E-state index contributed by atoms with van der Waals surface area (Å²) < 4.78 is 7.60. The molecule has 0 unspecified atom stereocenters. The van der Waals surface area contributed by atoms with Gasteiger partial charge in [-0.1, -0.05) is 47.3 Å². The first-order valence-corrected chi connectivity index (χ1v) is 10.4. The minimum atomic E-state index is 0.436. The number of benzene rings is 1. The summed E-state index contributed by atoms with van der Waals surface area (Å²) in [6, 6.07) is 11.7. The van der Waals surface area contributed by atoms with Crippen molar-refractivity contribution in [1.82, 2.24) is 0 Å². The molecule has 1 aromatic carbocycles. The first-order chi connectivity index (χ1) is 12.0. The maximum Gasteiger partial charge on any atom is 0.157 e. The fraction of sp³-hybridized carbons (Fsp3) is 0.545. The maximum absolute atomic E-state index is 6.50. The third kappa shape index (κ3) is 4.13. The molecule has 0 bridgehead atoms. The summed E-state index contributed by atoms with van der Waals surface area (Å²) >= 11 is 3.54. The summed E-state index contributed by atoms with van der Waals surface area (Å²) in [6.45, 7) is 9.05. The Morgan fingerprint density at radius 3 is 2.12 bits per heavy atom. The van der Waals surface area contributed by atoms with E-state index in [4.69, 9.17) is 4.42 Å². The van der Waals surface area contributed by atoms with E-state index in [1.807, 2.05) is 0 Å². The minimum Gasteiger partial charge on any atom is -0.459 e. The molecule has 0 N–H and O–H groups in total. The molecule has 0 amide bonds. The molecule has 2 nitrogen and oxygen atoms in total. The number of anilines is 1. The van der Waals surface area contributed by atoms with E-state index in [0.29, 0.717) is 18.0 Å². The monoisotopic (exact) mass is 403 g/mol. The predicted octanol–water partition coefficient (Wildman–Crippen LogP) is 7.38. The second-order valence-electron chi connectivity index (χ2n) is 7.80. The molecule has 1 aliphatic rings. The molecule has 0 spiro atoms. The van der Waals surface area contributed by atoms with Crippen LogP contribution in [0.15, 0.2) is 39.2 Å². The molecule has 25 heavy (non-hydrogen) atoms. The molecule has 3 rings (SSSR count). The topological polar surface area (TPSA) is 16.4 Å². The quantitative estimate of drug-likeness (QED) is 0.517. The molecule has 0 radical (unpaired) electrons. The molecule has 1 heterocycles. The van der Waals surface area contributed by atoms with Gasteiger partial charge in [-0.25, -0.2) is 0 Å². The molecule has 0 aliphatic heterocycles. The van der Waals surface area contributed by atoms with Crippen molar-refractivity contribution in [1.29, 1.82) is 0 Å². The van der Waals surface area contributed by atoms with E-state index in [-0.39, 0.29) is 0 Å². The number of rotatable bonds is 5. The Balaban J connectivity index is 2.06. The number of hydrogen-bond donors (Lipinski definition) is 0. The van der Waals surface area contributed by atoms with Crippen molar-refractivity contribution in [3.63, 3.8) is 0 Å². The summed E-state index contributed by atoms with van der Waals surface area (Å²) in [6.07, 6.45) is 6.54. The highest BCUT2D eigenvalue weighted by molar-refractivity contribution is 9.10. The standard InChI is InChI=1S/C22H30BrNO/c1-15(2)24(16(3)4)20-14-21(17-8-6-5-7-9-17)25-22(20)18-10-12-19(23)13-11-18/h10-17H,5-9H2,1-4H3. The molecule has 1 aliphatic carbocycles. The van der Waals surface area contributed by atoms with Crippen LogP contribution in [0.3, 0.4) is 0 Å². The first kappa shape index (κ1) is 18.6. The zero-order chi connectivity index (χ0) is 18.0. The summed E-state index contributed by atoms with van der Waals surface area (Å²) in [5.74, 6) is 2.78. The van der Waals surface area contributed by atoms with Crippen molar-refractivity contribution in [3.05, 3.63) is 40.6 Å². The molecular weight excluding hydrogens is 374 g/mol. The van der Waals surface area contributed by atoms with Gasteiger partial charge in [0.2, 0.25) is 0 Å². The van der Waals surface area contributed by atoms with Crippen molar-refractivity contribution in [2.24, 2.45) is 0 Å². The summed E-state index contributed by atoms with van der Waals surface area (Å²) in [5.41, 5.74) is 2.40. The van der Waals surface area contributed by atoms with Crippen LogP contribution >= 0.6 is 15.9 Å². The van der Waals surface area contributed by atoms with E-state index < -0.39 is 0 Å². The van der Waals surface area contributed by atoms with Gasteiger partial charge in [0.05, 0.1) is 5.69 Å². The van der Waals surface area contributed by atoms with Crippen LogP contribution in [-0.4, -0.2) is 12.1 Å². The average molecular weight is 404 g/mol. The van der Waals surface area contributed by atoms with Crippen LogP contribution in [0.2, 0.25) is 0 Å². The van der Waals surface area contributed by atoms with Crippen molar-refractivity contribution < 1.29 is 4.42 Å². The molecule has 2 aromatic rings. The van der Waals surface area contributed by atoms with Crippen LogP contribution < -0.4 is 4.90 Å². The second kappa shape index (κ2) is 7.99. The molecule has 3 heteroatoms. The minimum absolute atomic E-state index is 0.436. The van der Waals surface area contributed by atoms with Crippen molar-refractivity contribution in [2.75, 3.05) is 4.90 Å². The van der Waals surface area contributed by atoms with Crippen LogP contribution in [-0.2, 0) is 0 Å². The van der Waals surface area contributed by atoms with Gasteiger partial charge in [0.15, 0.2) is 5.76 Å². The molecule has 1 fully saturated rings. The van der Waals surface area contributed by atoms with Gasteiger partial charge in [0.25, 0.3) is 0 Å². The van der Waals surface area contributed by atoms with Crippen LogP contribution in [0, 0.1) is 0 Å². The van der Waals surface area contributed by atoms with Gasteiger partial charge in [0, 0.05) is 34.1 Å². The Morgan fingerprint density at radius 1 is 0.960 bits per heavy atom. The van der Waals surface area contributed by atoms with E-state index in [0.717, 1.165) is 15.8 Å². The van der Waals surface area contributed by atoms with E-state index in [1.165, 1.54) is 43.6 Å². The van der Waals surface area contributed by atoms with Crippen LogP contribution in [0.5, 0.6) is 0 Å². The molecule has 1 aromatic heterocycles. The zero-order valence-corrected chi connectivity index (χ0v) is 17.5. The Hall–Kier alpha value is -1.22. The number of halogens is 1. The van der Waals surface area contributed by atoms with Crippen molar-refractivity contribution in [3.8, 4) is 11.3 Å². The van der Waals surface area contributed by atoms with Gasteiger partial charge in [0.1, 0.15) is 5.76 Å². The number of nitrogens with zero attached hydrogens (tertiary/aromatic N) is 1. The number of furan rings is 1. The fourth-order valence-corrected chi connectivity index (χ4v) is 4.41. The van der Waals surface area contributed by atoms with Gasteiger partial charge in [-0.2, -0.15) is 0 Å². The van der Waals surface area contributed by atoms with E-state index in [9.17, 15) is 0 Å². The highest BCUT2D eigenvalue weighted by atomic mass is 79.9. The zero-order valence-electron chi connectivity index (χ0n) is 15.9. The molecule has 1 saturated carbocycles. The smallest absolute Gasteiger partial charge is 0.157 e. The molecule has 0 atom stereocenters. The average Bonchev–Trinajstić information content (AvgIpc) is 3.00. The molecule has 0 saturated heterocycles. The van der Waals surface area contributed by atoms with Crippen LogP contribution in [0.4, 0.5) is 5.69 Å². The first-order valence-electron chi connectivity index (χ1n) is 9.65. The van der Waals surface area contributed by atoms with Gasteiger partial charge in [-0.3, -0.25) is 0 Å². The SMILES string of the molecule is CC(C)N(c1cc(C2CCCCC2)oc1-c1ccc(Br)cc1)C(C)C. The third-order valence-corrected chi connectivity index (χ3v) is 5.76. The normalized spacial score (nSPS) is 16.0. The maximum atomic E-state index is 6.50. The second-order valence-corrected chi connectivity index (χ2v) is 8.72. The van der Waals surface area contributed by atoms with Crippen LogP contribution in [0.25, 0.3) is 11.3 Å². The lowest BCUT2D eigenvalue weighted by Gasteiger charge is -2.32. The van der Waals surface area contributed by atoms with Gasteiger partial charge in [-0.15, -0.1) is 0 Å². The van der Waals surface area contributed by atoms with Gasteiger partial charge >= 0.3 is 0 Å². The third-order valence-electron chi connectivity index (χ3n) is 5.24. The lowest BCUT2D eigenvalue weighted by Crippen LogP contribution is -2.37. The molecular formula is C22H30BrNO. The largest absolute Gasteiger partial charge is 0.459 e. The Labute approximate surface area is 160 Å². The van der Waals surface area contributed by atoms with Crippen LogP contribution in [0.1, 0.15) is 71.5 Å². The van der Waals surface area contributed by atoms with Crippen molar-refractivity contribution in [2.45, 2.75) is 77.8 Å². The van der Waals surface area contributed by atoms with E-state index >= 15 is 0 Å². The lowest BCUT2D eigenvalue weighted by molar-refractivity contribution is 0.378. The van der Waals surface area contributed by atoms with E-state index in [2.05, 4.69) is 78.9 Å². The summed E-state index contributed by atoms with van der Waals surface area (Å²) in [7, 11) is 0. The Kier molecular flexibility index (Phi) is 5.93. The van der Waals surface area contributed by atoms with Gasteiger partial charge in [-0.05, 0) is 52.7 Å². The highest BCUT2D eigenvalue weighted by Crippen LogP contribution is 2.42. The highest BCUT2D eigenvalue weighted by Gasteiger charge is 2.26.